The number of carbonyl (C=O) groups is 2. The van der Waals surface area contributed by atoms with E-state index >= 15 is 0 Å². The number of esters is 2. The Hall–Kier alpha value is -1.62. The van der Waals surface area contributed by atoms with Crippen LogP contribution < -0.4 is 0 Å². The average Bonchev–Trinajstić information content (AvgIpc) is 3.12. The van der Waals surface area contributed by atoms with E-state index in [0.29, 0.717) is 25.9 Å². The topological polar surface area (TPSA) is 65.1 Å². The number of carbonyl (C=O) groups excluding carboxylic acids is 2. The Morgan fingerprint density at radius 3 is 2.53 bits per heavy atom. The summed E-state index contributed by atoms with van der Waals surface area (Å²) in [6, 6.07) is 0. The molecule has 2 atom stereocenters. The molecule has 0 spiro atoms. The van der Waals surface area contributed by atoms with Crippen LogP contribution in [-0.2, 0) is 23.8 Å². The molecule has 0 radical (unpaired) electrons. The van der Waals surface area contributed by atoms with Crippen molar-refractivity contribution in [2.45, 2.75) is 45.0 Å². The van der Waals surface area contributed by atoms with E-state index in [2.05, 4.69) is 13.2 Å². The molecule has 0 bridgehead atoms. The molecule has 0 aromatic heterocycles. The first-order valence-corrected chi connectivity index (χ1v) is 6.28. The minimum atomic E-state index is -1.29. The Kier molecular flexibility index (Phi) is 5.30. The summed E-state index contributed by atoms with van der Waals surface area (Å²) in [6.45, 7) is 10.9. The number of epoxide rings is 1. The first-order chi connectivity index (χ1) is 8.92. The van der Waals surface area contributed by atoms with Crippen molar-refractivity contribution < 1.29 is 23.8 Å². The molecular formula is C14H20O5. The lowest BCUT2D eigenvalue weighted by molar-refractivity contribution is -0.229. The summed E-state index contributed by atoms with van der Waals surface area (Å²) in [5.74, 6) is -2.49. The Morgan fingerprint density at radius 1 is 1.47 bits per heavy atom. The lowest BCUT2D eigenvalue weighted by atomic mass is 10.0. The van der Waals surface area contributed by atoms with E-state index in [4.69, 9.17) is 14.2 Å². The van der Waals surface area contributed by atoms with Crippen molar-refractivity contribution in [3.05, 3.63) is 24.8 Å². The maximum Gasteiger partial charge on any atom is 0.336 e. The quantitative estimate of drug-likeness (QED) is 0.292. The molecule has 0 N–H and O–H groups in total. The van der Waals surface area contributed by atoms with Gasteiger partial charge in [0.1, 0.15) is 0 Å². The molecule has 1 saturated heterocycles. The minimum absolute atomic E-state index is 0.0397. The fourth-order valence-corrected chi connectivity index (χ4v) is 1.70. The Morgan fingerprint density at radius 2 is 2.11 bits per heavy atom. The molecule has 19 heavy (non-hydrogen) atoms. The fraction of sp³-hybridized carbons (Fsp3) is 0.571. The van der Waals surface area contributed by atoms with Crippen LogP contribution in [0.4, 0.5) is 0 Å². The number of hydrogen-bond donors (Lipinski definition) is 0. The van der Waals surface area contributed by atoms with Gasteiger partial charge in [-0.1, -0.05) is 20.1 Å². The number of ether oxygens (including phenoxy) is 3. The van der Waals surface area contributed by atoms with Gasteiger partial charge in [-0.25, -0.2) is 9.59 Å². The van der Waals surface area contributed by atoms with E-state index in [9.17, 15) is 9.59 Å². The van der Waals surface area contributed by atoms with Crippen LogP contribution >= 0.6 is 0 Å². The van der Waals surface area contributed by atoms with Crippen molar-refractivity contribution in [1.82, 2.24) is 0 Å². The van der Waals surface area contributed by atoms with Crippen LogP contribution in [0.15, 0.2) is 24.8 Å². The van der Waals surface area contributed by atoms with E-state index in [0.717, 1.165) is 6.08 Å². The van der Waals surface area contributed by atoms with Gasteiger partial charge in [-0.2, -0.15) is 0 Å². The van der Waals surface area contributed by atoms with Crippen molar-refractivity contribution in [1.29, 1.82) is 0 Å². The van der Waals surface area contributed by atoms with Gasteiger partial charge in [0.15, 0.2) is 0 Å². The summed E-state index contributed by atoms with van der Waals surface area (Å²) >= 11 is 0. The van der Waals surface area contributed by atoms with Gasteiger partial charge in [0.05, 0.1) is 19.1 Å². The summed E-state index contributed by atoms with van der Waals surface area (Å²) < 4.78 is 15.8. The van der Waals surface area contributed by atoms with Gasteiger partial charge >= 0.3 is 11.9 Å². The second kappa shape index (κ2) is 6.52. The monoisotopic (exact) mass is 268 g/mol. The summed E-state index contributed by atoms with van der Waals surface area (Å²) in [5, 5.41) is 0. The molecule has 0 amide bonds. The highest BCUT2D eigenvalue weighted by atomic mass is 16.7. The van der Waals surface area contributed by atoms with E-state index in [1.165, 1.54) is 0 Å². The molecule has 2 unspecified atom stereocenters. The van der Waals surface area contributed by atoms with Crippen molar-refractivity contribution in [2.75, 3.05) is 6.61 Å². The van der Waals surface area contributed by atoms with Crippen LogP contribution in [0.1, 0.15) is 33.1 Å². The van der Waals surface area contributed by atoms with Gasteiger partial charge in [0, 0.05) is 18.1 Å². The molecule has 5 nitrogen and oxygen atoms in total. The molecule has 0 saturated carbocycles. The molecule has 5 heteroatoms. The first-order valence-electron chi connectivity index (χ1n) is 6.28. The van der Waals surface area contributed by atoms with Gasteiger partial charge in [-0.3, -0.25) is 0 Å². The van der Waals surface area contributed by atoms with Crippen LogP contribution in [0.5, 0.6) is 0 Å². The zero-order valence-electron chi connectivity index (χ0n) is 11.4. The highest BCUT2D eigenvalue weighted by molar-refractivity contribution is 5.87. The fourth-order valence-electron chi connectivity index (χ4n) is 1.70. The van der Waals surface area contributed by atoms with Gasteiger partial charge in [-0.05, 0) is 13.3 Å². The summed E-state index contributed by atoms with van der Waals surface area (Å²) in [5.41, 5.74) is 0.256. The molecule has 106 valence electrons. The van der Waals surface area contributed by atoms with E-state index in [-0.39, 0.29) is 11.7 Å². The maximum absolute atomic E-state index is 11.7. The van der Waals surface area contributed by atoms with Crippen molar-refractivity contribution in [2.24, 2.45) is 0 Å². The molecule has 0 aliphatic carbocycles. The molecule has 1 fully saturated rings. The minimum Gasteiger partial charge on any atom is -0.419 e. The molecule has 1 rings (SSSR count). The van der Waals surface area contributed by atoms with E-state index in [1.807, 2.05) is 6.92 Å². The van der Waals surface area contributed by atoms with Crippen molar-refractivity contribution >= 4 is 11.9 Å². The lowest BCUT2D eigenvalue weighted by Gasteiger charge is -2.32. The van der Waals surface area contributed by atoms with E-state index in [1.54, 1.807) is 6.92 Å². The highest BCUT2D eigenvalue weighted by Gasteiger charge is 2.43. The Bertz CT molecular complexity index is 383. The van der Waals surface area contributed by atoms with Crippen LogP contribution in [0, 0.1) is 0 Å². The SMILES string of the molecule is C=CC(=O)OC(CCC)(CC1CO1)OC(=O)C(=C)C. The Balaban J connectivity index is 2.87. The van der Waals surface area contributed by atoms with Crippen molar-refractivity contribution in [3.63, 3.8) is 0 Å². The van der Waals surface area contributed by atoms with Crippen LogP contribution in [0.2, 0.25) is 0 Å². The zero-order chi connectivity index (χ0) is 14.5. The third-order valence-electron chi connectivity index (χ3n) is 2.65. The molecule has 1 aliphatic rings. The molecule has 1 aliphatic heterocycles. The molecule has 0 aromatic carbocycles. The van der Waals surface area contributed by atoms with Crippen LogP contribution in [0.3, 0.4) is 0 Å². The largest absolute Gasteiger partial charge is 0.419 e. The molecule has 0 aromatic rings. The summed E-state index contributed by atoms with van der Waals surface area (Å²) in [4.78, 5) is 23.2. The average molecular weight is 268 g/mol. The molecule has 1 heterocycles. The predicted octanol–water partition coefficient (Wildman–Crippen LogP) is 2.12. The molecular weight excluding hydrogens is 248 g/mol. The smallest absolute Gasteiger partial charge is 0.336 e. The predicted molar refractivity (Wildman–Crippen MR) is 69.2 cm³/mol. The third-order valence-corrected chi connectivity index (χ3v) is 2.65. The number of hydrogen-bond acceptors (Lipinski definition) is 5. The second-order valence-corrected chi connectivity index (χ2v) is 4.62. The first kappa shape index (κ1) is 15.4. The maximum atomic E-state index is 11.7. The summed E-state index contributed by atoms with van der Waals surface area (Å²) in [6.07, 6.45) is 2.44. The number of rotatable bonds is 8. The normalized spacial score (nSPS) is 20.0. The van der Waals surface area contributed by atoms with Gasteiger partial charge in [0.2, 0.25) is 0 Å². The van der Waals surface area contributed by atoms with Crippen LogP contribution in [-0.4, -0.2) is 30.4 Å². The third kappa shape index (κ3) is 4.87. The standard InChI is InChI=1S/C14H20O5/c1-5-7-14(8-11-9-17-11,18-12(15)6-2)19-13(16)10(3)4/h6,11H,2-3,5,7-9H2,1,4H3. The summed E-state index contributed by atoms with van der Waals surface area (Å²) in [7, 11) is 0. The van der Waals surface area contributed by atoms with Crippen LogP contribution in [0.25, 0.3) is 0 Å². The lowest BCUT2D eigenvalue weighted by Crippen LogP contribution is -2.41. The van der Waals surface area contributed by atoms with Gasteiger partial charge in [-0.15, -0.1) is 0 Å². The van der Waals surface area contributed by atoms with Gasteiger partial charge < -0.3 is 14.2 Å². The zero-order valence-corrected chi connectivity index (χ0v) is 11.4. The Labute approximate surface area is 113 Å². The van der Waals surface area contributed by atoms with Crippen molar-refractivity contribution in [3.8, 4) is 0 Å². The second-order valence-electron chi connectivity index (χ2n) is 4.62. The van der Waals surface area contributed by atoms with E-state index < -0.39 is 17.7 Å². The van der Waals surface area contributed by atoms with Gasteiger partial charge in [0.25, 0.3) is 5.79 Å². The highest BCUT2D eigenvalue weighted by Crippen LogP contribution is 2.32.